The first-order valence-corrected chi connectivity index (χ1v) is 7.23. The van der Waals surface area contributed by atoms with Crippen LogP contribution in [0.2, 0.25) is 0 Å². The molecule has 2 heteroatoms. The van der Waals surface area contributed by atoms with E-state index in [2.05, 4.69) is 17.3 Å². The minimum absolute atomic E-state index is 0.815. The molecule has 2 saturated carbocycles. The van der Waals surface area contributed by atoms with Gasteiger partial charge < -0.3 is 10.2 Å². The van der Waals surface area contributed by atoms with Gasteiger partial charge in [-0.2, -0.15) is 0 Å². The first kappa shape index (κ1) is 11.0. The first-order chi connectivity index (χ1) is 7.81. The Hall–Kier alpha value is -0.0800. The zero-order valence-corrected chi connectivity index (χ0v) is 10.6. The second kappa shape index (κ2) is 4.66. The van der Waals surface area contributed by atoms with Crippen molar-refractivity contribution in [2.75, 3.05) is 26.7 Å². The van der Waals surface area contributed by atoms with Gasteiger partial charge in [0.1, 0.15) is 0 Å². The summed E-state index contributed by atoms with van der Waals surface area (Å²) >= 11 is 0. The summed E-state index contributed by atoms with van der Waals surface area (Å²) in [5.74, 6) is 3.22. The molecule has 1 saturated heterocycles. The molecule has 1 aliphatic heterocycles. The summed E-state index contributed by atoms with van der Waals surface area (Å²) in [6.07, 6.45) is 8.87. The first-order valence-electron chi connectivity index (χ1n) is 7.23. The molecule has 1 heterocycles. The number of hydrogen-bond donors (Lipinski definition) is 1. The lowest BCUT2D eigenvalue weighted by Crippen LogP contribution is -2.43. The van der Waals surface area contributed by atoms with Crippen LogP contribution < -0.4 is 5.32 Å². The van der Waals surface area contributed by atoms with E-state index in [4.69, 9.17) is 0 Å². The molecule has 0 aromatic carbocycles. The number of nitrogens with zero attached hydrogens (tertiary/aromatic N) is 1. The van der Waals surface area contributed by atoms with Gasteiger partial charge in [-0.15, -0.1) is 0 Å². The van der Waals surface area contributed by atoms with Crippen LogP contribution in [0.25, 0.3) is 0 Å². The molecule has 3 rings (SSSR count). The second-order valence-corrected chi connectivity index (χ2v) is 6.42. The number of nitrogens with one attached hydrogen (secondary N) is 1. The summed E-state index contributed by atoms with van der Waals surface area (Å²) in [6, 6.07) is 0.815. The summed E-state index contributed by atoms with van der Waals surface area (Å²) in [5.41, 5.74) is 0. The predicted octanol–water partition coefficient (Wildman–Crippen LogP) is 2.11. The minimum Gasteiger partial charge on any atom is -0.314 e. The summed E-state index contributed by atoms with van der Waals surface area (Å²) in [7, 11) is 2.24. The predicted molar refractivity (Wildman–Crippen MR) is 67.5 cm³/mol. The summed E-state index contributed by atoms with van der Waals surface area (Å²) in [6.45, 7) is 3.89. The van der Waals surface area contributed by atoms with Crippen molar-refractivity contribution in [1.29, 1.82) is 0 Å². The third-order valence-corrected chi connectivity index (χ3v) is 5.27. The number of piperidine rings is 1. The molecule has 0 radical (unpaired) electrons. The third-order valence-electron chi connectivity index (χ3n) is 5.27. The minimum atomic E-state index is 0.815. The zero-order valence-electron chi connectivity index (χ0n) is 10.6. The fraction of sp³-hybridized carbons (Fsp3) is 1.00. The molecular formula is C14H26N2. The van der Waals surface area contributed by atoms with Crippen LogP contribution in [0.15, 0.2) is 0 Å². The highest BCUT2D eigenvalue weighted by Gasteiger charge is 2.39. The summed E-state index contributed by atoms with van der Waals surface area (Å²) in [4.78, 5) is 2.45. The number of hydrogen-bond acceptors (Lipinski definition) is 2. The van der Waals surface area contributed by atoms with Crippen LogP contribution in [-0.4, -0.2) is 37.6 Å². The van der Waals surface area contributed by atoms with E-state index in [1.807, 2.05) is 0 Å². The fourth-order valence-electron chi connectivity index (χ4n) is 4.16. The molecule has 0 aromatic rings. The van der Waals surface area contributed by atoms with Gasteiger partial charge in [-0.05, 0) is 76.5 Å². The molecule has 0 amide bonds. The Morgan fingerprint density at radius 2 is 1.88 bits per heavy atom. The van der Waals surface area contributed by atoms with Crippen molar-refractivity contribution in [2.45, 2.75) is 44.6 Å². The van der Waals surface area contributed by atoms with E-state index in [0.29, 0.717) is 0 Å². The molecule has 0 aromatic heterocycles. The van der Waals surface area contributed by atoms with Crippen molar-refractivity contribution in [1.82, 2.24) is 10.2 Å². The van der Waals surface area contributed by atoms with Crippen LogP contribution in [0.5, 0.6) is 0 Å². The van der Waals surface area contributed by atoms with Crippen molar-refractivity contribution < 1.29 is 0 Å². The van der Waals surface area contributed by atoms with Crippen molar-refractivity contribution in [3.05, 3.63) is 0 Å². The van der Waals surface area contributed by atoms with Crippen LogP contribution in [-0.2, 0) is 0 Å². The van der Waals surface area contributed by atoms with Crippen LogP contribution in [0, 0.1) is 17.8 Å². The maximum atomic E-state index is 3.84. The largest absolute Gasteiger partial charge is 0.314 e. The van der Waals surface area contributed by atoms with Gasteiger partial charge in [-0.25, -0.2) is 0 Å². The maximum Gasteiger partial charge on any atom is 0.00915 e. The lowest BCUT2D eigenvalue weighted by atomic mass is 9.88. The summed E-state index contributed by atoms with van der Waals surface area (Å²) < 4.78 is 0. The Morgan fingerprint density at radius 3 is 2.50 bits per heavy atom. The Labute approximate surface area is 99.8 Å². The molecule has 3 atom stereocenters. The SMILES string of the molecule is CN1CCC(NCC2CC3CCC2C3)CC1. The molecule has 2 bridgehead atoms. The van der Waals surface area contributed by atoms with Crippen LogP contribution >= 0.6 is 0 Å². The zero-order chi connectivity index (χ0) is 11.0. The average molecular weight is 222 g/mol. The van der Waals surface area contributed by atoms with Crippen LogP contribution in [0.4, 0.5) is 0 Å². The molecule has 2 aliphatic carbocycles. The standard InChI is InChI=1S/C14H26N2/c1-16-6-4-14(5-7-16)15-10-13-9-11-2-3-12(13)8-11/h11-15H,2-10H2,1H3. The molecule has 3 fully saturated rings. The van der Waals surface area contributed by atoms with Gasteiger partial charge >= 0.3 is 0 Å². The van der Waals surface area contributed by atoms with Gasteiger partial charge in [0, 0.05) is 6.04 Å². The van der Waals surface area contributed by atoms with Crippen LogP contribution in [0.3, 0.4) is 0 Å². The van der Waals surface area contributed by atoms with Gasteiger partial charge in [-0.1, -0.05) is 6.42 Å². The van der Waals surface area contributed by atoms with E-state index in [-0.39, 0.29) is 0 Å². The second-order valence-electron chi connectivity index (χ2n) is 6.42. The molecule has 92 valence electrons. The maximum absolute atomic E-state index is 3.84. The molecular weight excluding hydrogens is 196 g/mol. The molecule has 0 spiro atoms. The monoisotopic (exact) mass is 222 g/mol. The van der Waals surface area contributed by atoms with Gasteiger partial charge in [-0.3, -0.25) is 0 Å². The Balaban J connectivity index is 1.40. The van der Waals surface area contributed by atoms with E-state index in [1.54, 1.807) is 6.42 Å². The third kappa shape index (κ3) is 2.28. The van der Waals surface area contributed by atoms with Crippen molar-refractivity contribution >= 4 is 0 Å². The Bertz CT molecular complexity index is 233. The molecule has 16 heavy (non-hydrogen) atoms. The number of fused-ring (bicyclic) bond motifs is 2. The van der Waals surface area contributed by atoms with E-state index < -0.39 is 0 Å². The van der Waals surface area contributed by atoms with Crippen LogP contribution in [0.1, 0.15) is 38.5 Å². The van der Waals surface area contributed by atoms with Gasteiger partial charge in [0.15, 0.2) is 0 Å². The highest BCUT2D eigenvalue weighted by Crippen LogP contribution is 2.47. The highest BCUT2D eigenvalue weighted by atomic mass is 15.1. The lowest BCUT2D eigenvalue weighted by Gasteiger charge is -2.31. The van der Waals surface area contributed by atoms with Gasteiger partial charge in [0.05, 0.1) is 0 Å². The number of likely N-dealkylation sites (tertiary alicyclic amines) is 1. The lowest BCUT2D eigenvalue weighted by molar-refractivity contribution is 0.220. The topological polar surface area (TPSA) is 15.3 Å². The molecule has 3 aliphatic rings. The van der Waals surface area contributed by atoms with Gasteiger partial charge in [0.2, 0.25) is 0 Å². The highest BCUT2D eigenvalue weighted by molar-refractivity contribution is 4.91. The average Bonchev–Trinajstić information content (AvgIpc) is 2.90. The Morgan fingerprint density at radius 1 is 1.06 bits per heavy atom. The normalized spacial score (nSPS) is 40.7. The molecule has 1 N–H and O–H groups in total. The van der Waals surface area contributed by atoms with Crippen molar-refractivity contribution in [2.24, 2.45) is 17.8 Å². The van der Waals surface area contributed by atoms with Crippen molar-refractivity contribution in [3.8, 4) is 0 Å². The van der Waals surface area contributed by atoms with E-state index in [9.17, 15) is 0 Å². The quantitative estimate of drug-likeness (QED) is 0.787. The Kier molecular flexibility index (Phi) is 3.21. The summed E-state index contributed by atoms with van der Waals surface area (Å²) in [5, 5.41) is 3.84. The molecule has 2 nitrogen and oxygen atoms in total. The van der Waals surface area contributed by atoms with E-state index in [0.717, 1.165) is 23.8 Å². The number of rotatable bonds is 3. The smallest absolute Gasteiger partial charge is 0.00915 e. The molecule has 3 unspecified atom stereocenters. The van der Waals surface area contributed by atoms with E-state index >= 15 is 0 Å². The fourth-order valence-corrected chi connectivity index (χ4v) is 4.16. The van der Waals surface area contributed by atoms with Gasteiger partial charge in [0.25, 0.3) is 0 Å². The van der Waals surface area contributed by atoms with E-state index in [1.165, 1.54) is 51.7 Å². The van der Waals surface area contributed by atoms with Crippen molar-refractivity contribution in [3.63, 3.8) is 0 Å².